The molecule has 0 amide bonds. The van der Waals surface area contributed by atoms with Crippen molar-refractivity contribution in [2.24, 2.45) is 5.92 Å². The van der Waals surface area contributed by atoms with E-state index < -0.39 is 0 Å². The first-order chi connectivity index (χ1) is 7.04. The molecule has 0 aliphatic rings. The molecule has 0 bridgehead atoms. The SMILES string of the molecule is CCc1cc(C)cc(F)c1OCC(C)C. The predicted octanol–water partition coefficient (Wildman–Crippen LogP) is 3.73. The molecule has 0 unspecified atom stereocenters. The zero-order valence-corrected chi connectivity index (χ0v) is 9.93. The van der Waals surface area contributed by atoms with Crippen LogP contribution in [-0.2, 0) is 6.42 Å². The Balaban J connectivity index is 2.93. The van der Waals surface area contributed by atoms with E-state index in [0.29, 0.717) is 18.3 Å². The Kier molecular flexibility index (Phi) is 4.13. The van der Waals surface area contributed by atoms with Crippen LogP contribution in [0.1, 0.15) is 31.9 Å². The lowest BCUT2D eigenvalue weighted by atomic mass is 10.1. The molecule has 15 heavy (non-hydrogen) atoms. The summed E-state index contributed by atoms with van der Waals surface area (Å²) in [4.78, 5) is 0. The van der Waals surface area contributed by atoms with Gasteiger partial charge in [-0.25, -0.2) is 4.39 Å². The number of hydrogen-bond donors (Lipinski definition) is 0. The molecule has 1 nitrogen and oxygen atoms in total. The van der Waals surface area contributed by atoms with E-state index in [1.54, 1.807) is 0 Å². The summed E-state index contributed by atoms with van der Waals surface area (Å²) < 4.78 is 19.1. The second-order valence-electron chi connectivity index (χ2n) is 4.29. The zero-order valence-electron chi connectivity index (χ0n) is 9.93. The van der Waals surface area contributed by atoms with Gasteiger partial charge in [-0.15, -0.1) is 0 Å². The van der Waals surface area contributed by atoms with Crippen molar-refractivity contribution in [2.75, 3.05) is 6.61 Å². The first kappa shape index (κ1) is 12.0. The third-order valence-corrected chi connectivity index (χ3v) is 2.21. The summed E-state index contributed by atoms with van der Waals surface area (Å²) in [6, 6.07) is 3.51. The number of rotatable bonds is 4. The minimum Gasteiger partial charge on any atom is -0.490 e. The summed E-state index contributed by atoms with van der Waals surface area (Å²) in [5.74, 6) is 0.597. The van der Waals surface area contributed by atoms with Gasteiger partial charge >= 0.3 is 0 Å². The monoisotopic (exact) mass is 210 g/mol. The average molecular weight is 210 g/mol. The van der Waals surface area contributed by atoms with Crippen molar-refractivity contribution in [1.82, 2.24) is 0 Å². The smallest absolute Gasteiger partial charge is 0.165 e. The van der Waals surface area contributed by atoms with Crippen LogP contribution < -0.4 is 4.74 Å². The standard InChI is InChI=1S/C13H19FO/c1-5-11-6-10(4)7-12(14)13(11)15-8-9(2)3/h6-7,9H,5,8H2,1-4H3. The van der Waals surface area contributed by atoms with Gasteiger partial charge in [0.15, 0.2) is 11.6 Å². The van der Waals surface area contributed by atoms with E-state index in [2.05, 4.69) is 13.8 Å². The first-order valence-corrected chi connectivity index (χ1v) is 5.46. The van der Waals surface area contributed by atoms with Gasteiger partial charge < -0.3 is 4.74 Å². The van der Waals surface area contributed by atoms with Crippen LogP contribution in [-0.4, -0.2) is 6.61 Å². The fraction of sp³-hybridized carbons (Fsp3) is 0.538. The first-order valence-electron chi connectivity index (χ1n) is 5.46. The van der Waals surface area contributed by atoms with Gasteiger partial charge in [0, 0.05) is 0 Å². The minimum absolute atomic E-state index is 0.243. The highest BCUT2D eigenvalue weighted by molar-refractivity contribution is 5.38. The Labute approximate surface area is 91.3 Å². The highest BCUT2D eigenvalue weighted by Gasteiger charge is 2.10. The van der Waals surface area contributed by atoms with E-state index in [-0.39, 0.29) is 5.82 Å². The van der Waals surface area contributed by atoms with Gasteiger partial charge in [-0.1, -0.05) is 26.8 Å². The molecule has 2 heteroatoms. The van der Waals surface area contributed by atoms with Crippen molar-refractivity contribution < 1.29 is 9.13 Å². The maximum atomic E-state index is 13.6. The molecular weight excluding hydrogens is 191 g/mol. The maximum absolute atomic E-state index is 13.6. The highest BCUT2D eigenvalue weighted by atomic mass is 19.1. The Morgan fingerprint density at radius 2 is 2.00 bits per heavy atom. The molecule has 0 aliphatic heterocycles. The lowest BCUT2D eigenvalue weighted by molar-refractivity contribution is 0.257. The van der Waals surface area contributed by atoms with Crippen LogP contribution in [0.4, 0.5) is 4.39 Å². The van der Waals surface area contributed by atoms with Crippen LogP contribution in [0, 0.1) is 18.7 Å². The van der Waals surface area contributed by atoms with Gasteiger partial charge in [-0.3, -0.25) is 0 Å². The lowest BCUT2D eigenvalue weighted by Gasteiger charge is -2.13. The molecule has 1 aromatic rings. The van der Waals surface area contributed by atoms with Crippen molar-refractivity contribution in [2.45, 2.75) is 34.1 Å². The maximum Gasteiger partial charge on any atom is 0.165 e. The van der Waals surface area contributed by atoms with E-state index in [9.17, 15) is 4.39 Å². The quantitative estimate of drug-likeness (QED) is 0.735. The summed E-state index contributed by atoms with van der Waals surface area (Å²) in [5, 5.41) is 0. The summed E-state index contributed by atoms with van der Waals surface area (Å²) in [6.45, 7) is 8.58. The molecule has 0 saturated heterocycles. The van der Waals surface area contributed by atoms with Crippen molar-refractivity contribution in [3.8, 4) is 5.75 Å². The molecular formula is C13H19FO. The van der Waals surface area contributed by atoms with Crippen LogP contribution in [0.15, 0.2) is 12.1 Å². The van der Waals surface area contributed by atoms with Gasteiger partial charge in [-0.05, 0) is 36.5 Å². The molecule has 0 N–H and O–H groups in total. The third kappa shape index (κ3) is 3.22. The molecule has 0 atom stereocenters. The second-order valence-corrected chi connectivity index (χ2v) is 4.29. The van der Waals surface area contributed by atoms with Gasteiger partial charge in [0.25, 0.3) is 0 Å². The summed E-state index contributed by atoms with van der Waals surface area (Å²) in [6.07, 6.45) is 0.798. The number of halogens is 1. The van der Waals surface area contributed by atoms with Crippen molar-refractivity contribution in [1.29, 1.82) is 0 Å². The van der Waals surface area contributed by atoms with E-state index in [1.165, 1.54) is 6.07 Å². The minimum atomic E-state index is -0.243. The molecule has 1 rings (SSSR count). The Morgan fingerprint density at radius 3 is 2.53 bits per heavy atom. The van der Waals surface area contributed by atoms with E-state index >= 15 is 0 Å². The molecule has 0 fully saturated rings. The molecule has 0 radical (unpaired) electrons. The van der Waals surface area contributed by atoms with Crippen LogP contribution in [0.2, 0.25) is 0 Å². The number of ether oxygens (including phenoxy) is 1. The Bertz CT molecular complexity index is 332. The number of hydrogen-bond acceptors (Lipinski definition) is 1. The Hall–Kier alpha value is -1.05. The largest absolute Gasteiger partial charge is 0.490 e. The molecule has 0 aliphatic carbocycles. The molecule has 0 saturated carbocycles. The normalized spacial score (nSPS) is 10.8. The second kappa shape index (κ2) is 5.15. The van der Waals surface area contributed by atoms with E-state index in [4.69, 9.17) is 4.74 Å². The molecule has 1 aromatic carbocycles. The van der Waals surface area contributed by atoms with Gasteiger partial charge in [0.2, 0.25) is 0 Å². The topological polar surface area (TPSA) is 9.23 Å². The number of benzene rings is 1. The lowest BCUT2D eigenvalue weighted by Crippen LogP contribution is -2.07. The molecule has 0 spiro atoms. The Morgan fingerprint density at radius 1 is 1.33 bits per heavy atom. The van der Waals surface area contributed by atoms with Gasteiger partial charge in [-0.2, -0.15) is 0 Å². The third-order valence-electron chi connectivity index (χ3n) is 2.21. The van der Waals surface area contributed by atoms with Crippen LogP contribution in [0.25, 0.3) is 0 Å². The van der Waals surface area contributed by atoms with Crippen LogP contribution in [0.3, 0.4) is 0 Å². The zero-order chi connectivity index (χ0) is 11.4. The van der Waals surface area contributed by atoms with Gasteiger partial charge in [0.05, 0.1) is 6.61 Å². The van der Waals surface area contributed by atoms with Crippen molar-refractivity contribution in [3.05, 3.63) is 29.1 Å². The van der Waals surface area contributed by atoms with Crippen molar-refractivity contribution in [3.63, 3.8) is 0 Å². The fourth-order valence-corrected chi connectivity index (χ4v) is 1.48. The highest BCUT2D eigenvalue weighted by Crippen LogP contribution is 2.25. The van der Waals surface area contributed by atoms with Gasteiger partial charge in [0.1, 0.15) is 0 Å². The average Bonchev–Trinajstić information content (AvgIpc) is 2.14. The predicted molar refractivity (Wildman–Crippen MR) is 60.8 cm³/mol. The fourth-order valence-electron chi connectivity index (χ4n) is 1.48. The molecule has 0 heterocycles. The number of aryl methyl sites for hydroxylation is 2. The summed E-state index contributed by atoms with van der Waals surface area (Å²) in [7, 11) is 0. The molecule has 0 aromatic heterocycles. The van der Waals surface area contributed by atoms with E-state index in [0.717, 1.165) is 17.5 Å². The van der Waals surface area contributed by atoms with Crippen LogP contribution in [0.5, 0.6) is 5.75 Å². The van der Waals surface area contributed by atoms with Crippen LogP contribution >= 0.6 is 0 Å². The summed E-state index contributed by atoms with van der Waals surface area (Å²) >= 11 is 0. The van der Waals surface area contributed by atoms with E-state index in [1.807, 2.05) is 19.9 Å². The molecule has 84 valence electrons. The van der Waals surface area contributed by atoms with Crippen molar-refractivity contribution >= 4 is 0 Å². The summed E-state index contributed by atoms with van der Waals surface area (Å²) in [5.41, 5.74) is 1.90.